The number of nitrogens with two attached hydrogens (primary N) is 1. The summed E-state index contributed by atoms with van der Waals surface area (Å²) in [6.07, 6.45) is 3.96. The summed E-state index contributed by atoms with van der Waals surface area (Å²) < 4.78 is 0. The molecule has 2 fully saturated rings. The normalized spacial score (nSPS) is 36.9. The molecule has 0 aromatic carbocycles. The van der Waals surface area contributed by atoms with Gasteiger partial charge in [-0.15, -0.1) is 0 Å². The van der Waals surface area contributed by atoms with E-state index in [1.165, 1.54) is 38.9 Å². The van der Waals surface area contributed by atoms with Crippen LogP contribution in [0, 0.1) is 11.8 Å². The van der Waals surface area contributed by atoms with Gasteiger partial charge < -0.3 is 10.6 Å². The first-order valence-electron chi connectivity index (χ1n) is 7.21. The lowest BCUT2D eigenvalue weighted by Crippen LogP contribution is -2.61. The summed E-state index contributed by atoms with van der Waals surface area (Å²) in [5.41, 5.74) is 6.41. The number of piperidine rings is 1. The minimum Gasteiger partial charge on any atom is -0.329 e. The van der Waals surface area contributed by atoms with Gasteiger partial charge in [-0.3, -0.25) is 4.90 Å². The molecule has 0 spiro atoms. The molecular formula is C14H29N3. The number of hydrogen-bond acceptors (Lipinski definition) is 3. The molecular weight excluding hydrogens is 210 g/mol. The Morgan fingerprint density at radius 1 is 1.35 bits per heavy atom. The Hall–Kier alpha value is -0.120. The molecule has 2 saturated heterocycles. The number of likely N-dealkylation sites (tertiary alicyclic amines) is 2. The van der Waals surface area contributed by atoms with Crippen molar-refractivity contribution in [3.63, 3.8) is 0 Å². The van der Waals surface area contributed by atoms with E-state index in [1.54, 1.807) is 0 Å². The van der Waals surface area contributed by atoms with Gasteiger partial charge >= 0.3 is 0 Å². The smallest absolute Gasteiger partial charge is 0.0458 e. The zero-order chi connectivity index (χ0) is 12.5. The molecule has 100 valence electrons. The van der Waals surface area contributed by atoms with E-state index in [0.29, 0.717) is 0 Å². The van der Waals surface area contributed by atoms with Crippen LogP contribution in [0.4, 0.5) is 0 Å². The second kappa shape index (κ2) is 5.25. The largest absolute Gasteiger partial charge is 0.329 e. The van der Waals surface area contributed by atoms with Gasteiger partial charge in [-0.2, -0.15) is 0 Å². The van der Waals surface area contributed by atoms with Crippen molar-refractivity contribution < 1.29 is 0 Å². The van der Waals surface area contributed by atoms with E-state index in [4.69, 9.17) is 5.73 Å². The summed E-state index contributed by atoms with van der Waals surface area (Å²) in [7, 11) is 2.24. The number of hydrogen-bond donors (Lipinski definition) is 1. The highest BCUT2D eigenvalue weighted by atomic mass is 15.3. The van der Waals surface area contributed by atoms with E-state index in [1.807, 2.05) is 0 Å². The molecule has 0 amide bonds. The molecule has 2 atom stereocenters. The van der Waals surface area contributed by atoms with E-state index in [0.717, 1.165) is 24.9 Å². The summed E-state index contributed by atoms with van der Waals surface area (Å²) >= 11 is 0. The predicted octanol–water partition coefficient (Wildman–Crippen LogP) is 1.39. The van der Waals surface area contributed by atoms with Gasteiger partial charge in [-0.05, 0) is 51.2 Å². The molecule has 2 aliphatic heterocycles. The second-order valence-electron chi connectivity index (χ2n) is 6.51. The van der Waals surface area contributed by atoms with Crippen molar-refractivity contribution >= 4 is 0 Å². The molecule has 0 aromatic heterocycles. The third-order valence-corrected chi connectivity index (χ3v) is 4.96. The van der Waals surface area contributed by atoms with Crippen molar-refractivity contribution in [2.24, 2.45) is 17.6 Å². The Bertz CT molecular complexity index is 254. The van der Waals surface area contributed by atoms with Crippen LogP contribution in [0.5, 0.6) is 0 Å². The average Bonchev–Trinajstić information content (AvgIpc) is 2.78. The second-order valence-corrected chi connectivity index (χ2v) is 6.51. The fourth-order valence-corrected chi connectivity index (χ4v) is 3.65. The van der Waals surface area contributed by atoms with Crippen LogP contribution in [0.15, 0.2) is 0 Å². The lowest BCUT2D eigenvalue weighted by molar-refractivity contribution is 0.0392. The first-order valence-corrected chi connectivity index (χ1v) is 7.21. The summed E-state index contributed by atoms with van der Waals surface area (Å²) in [5, 5.41) is 0. The van der Waals surface area contributed by atoms with E-state index in [-0.39, 0.29) is 5.54 Å². The lowest BCUT2D eigenvalue weighted by Gasteiger charge is -2.47. The molecule has 2 unspecified atom stereocenters. The van der Waals surface area contributed by atoms with Gasteiger partial charge in [0.15, 0.2) is 0 Å². The van der Waals surface area contributed by atoms with Crippen molar-refractivity contribution in [3.05, 3.63) is 0 Å². The fourth-order valence-electron chi connectivity index (χ4n) is 3.65. The Balaban J connectivity index is 2.03. The van der Waals surface area contributed by atoms with Crippen LogP contribution in [0.2, 0.25) is 0 Å². The van der Waals surface area contributed by atoms with Crippen LogP contribution in [0.1, 0.15) is 33.1 Å². The maximum atomic E-state index is 6.13. The maximum Gasteiger partial charge on any atom is 0.0458 e. The van der Waals surface area contributed by atoms with E-state index >= 15 is 0 Å². The van der Waals surface area contributed by atoms with Crippen LogP contribution in [0.25, 0.3) is 0 Å². The van der Waals surface area contributed by atoms with Crippen molar-refractivity contribution in [2.75, 3.05) is 39.8 Å². The van der Waals surface area contributed by atoms with Crippen molar-refractivity contribution in [1.82, 2.24) is 9.80 Å². The summed E-state index contributed by atoms with van der Waals surface area (Å²) in [6, 6.07) is 0. The Kier molecular flexibility index (Phi) is 4.11. The van der Waals surface area contributed by atoms with Gasteiger partial charge in [0, 0.05) is 25.2 Å². The zero-order valence-corrected chi connectivity index (χ0v) is 11.8. The number of nitrogens with zero attached hydrogens (tertiary/aromatic N) is 2. The molecule has 2 aliphatic rings. The highest BCUT2D eigenvalue weighted by Gasteiger charge is 2.42. The lowest BCUT2D eigenvalue weighted by atomic mass is 9.87. The molecule has 17 heavy (non-hydrogen) atoms. The van der Waals surface area contributed by atoms with Crippen LogP contribution < -0.4 is 5.73 Å². The molecule has 0 aromatic rings. The molecule has 0 saturated carbocycles. The fraction of sp³-hybridized carbons (Fsp3) is 1.00. The molecule has 0 bridgehead atoms. The van der Waals surface area contributed by atoms with E-state index in [9.17, 15) is 0 Å². The van der Waals surface area contributed by atoms with Crippen molar-refractivity contribution in [3.8, 4) is 0 Å². The van der Waals surface area contributed by atoms with Crippen molar-refractivity contribution in [2.45, 2.75) is 38.6 Å². The summed E-state index contributed by atoms with van der Waals surface area (Å²) in [5.74, 6) is 1.70. The quantitative estimate of drug-likeness (QED) is 0.808. The minimum atomic E-state index is 0.274. The van der Waals surface area contributed by atoms with Crippen LogP contribution in [-0.2, 0) is 0 Å². The average molecular weight is 239 g/mol. The third-order valence-electron chi connectivity index (χ3n) is 4.96. The zero-order valence-electron chi connectivity index (χ0n) is 11.8. The molecule has 2 rings (SSSR count). The Labute approximate surface area is 106 Å². The topological polar surface area (TPSA) is 32.5 Å². The molecule has 3 heteroatoms. The van der Waals surface area contributed by atoms with E-state index in [2.05, 4.69) is 30.7 Å². The van der Waals surface area contributed by atoms with Gasteiger partial charge in [0.05, 0.1) is 0 Å². The van der Waals surface area contributed by atoms with Gasteiger partial charge in [-0.25, -0.2) is 0 Å². The standard InChI is InChI=1S/C14H29N3/c1-12(2)13-5-8-17(9-13)14(10-15)6-4-7-16(3)11-14/h12-13H,4-11,15H2,1-3H3. The van der Waals surface area contributed by atoms with Crippen LogP contribution in [0.3, 0.4) is 0 Å². The molecule has 2 N–H and O–H groups in total. The summed E-state index contributed by atoms with van der Waals surface area (Å²) in [6.45, 7) is 10.5. The predicted molar refractivity (Wildman–Crippen MR) is 73.0 cm³/mol. The van der Waals surface area contributed by atoms with Crippen LogP contribution in [-0.4, -0.2) is 55.1 Å². The monoisotopic (exact) mass is 239 g/mol. The molecule has 0 radical (unpaired) electrons. The minimum absolute atomic E-state index is 0.274. The Morgan fingerprint density at radius 3 is 2.65 bits per heavy atom. The molecule has 3 nitrogen and oxygen atoms in total. The van der Waals surface area contributed by atoms with Crippen molar-refractivity contribution in [1.29, 1.82) is 0 Å². The number of likely N-dealkylation sites (N-methyl/N-ethyl adjacent to an activating group) is 1. The van der Waals surface area contributed by atoms with E-state index < -0.39 is 0 Å². The van der Waals surface area contributed by atoms with Gasteiger partial charge in [0.25, 0.3) is 0 Å². The first-order chi connectivity index (χ1) is 8.07. The summed E-state index contributed by atoms with van der Waals surface area (Å²) in [4.78, 5) is 5.16. The highest BCUT2D eigenvalue weighted by Crippen LogP contribution is 2.33. The SMILES string of the molecule is CC(C)C1CCN(C2(CN)CCCN(C)C2)C1. The van der Waals surface area contributed by atoms with Crippen LogP contribution >= 0.6 is 0 Å². The highest BCUT2D eigenvalue weighted by molar-refractivity contribution is 4.99. The number of rotatable bonds is 3. The van der Waals surface area contributed by atoms with Gasteiger partial charge in [0.1, 0.15) is 0 Å². The van der Waals surface area contributed by atoms with Gasteiger partial charge in [-0.1, -0.05) is 13.8 Å². The third kappa shape index (κ3) is 2.67. The van der Waals surface area contributed by atoms with Gasteiger partial charge in [0.2, 0.25) is 0 Å². The molecule has 0 aliphatic carbocycles. The Morgan fingerprint density at radius 2 is 2.12 bits per heavy atom. The first kappa shape index (κ1) is 13.3. The maximum absolute atomic E-state index is 6.13. The molecule has 2 heterocycles.